The Hall–Kier alpha value is -3.72. The molecular formula is C25H28F3N7O4S. The number of amides is 1. The first-order valence-corrected chi connectivity index (χ1v) is 13.8. The van der Waals surface area contributed by atoms with Crippen LogP contribution >= 0.6 is 11.3 Å². The van der Waals surface area contributed by atoms with Crippen LogP contribution in [-0.2, 0) is 14.4 Å². The van der Waals surface area contributed by atoms with E-state index in [-0.39, 0.29) is 23.9 Å². The number of hydrogen-bond acceptors (Lipinski definition) is 10. The van der Waals surface area contributed by atoms with Crippen molar-refractivity contribution in [2.45, 2.75) is 44.3 Å². The van der Waals surface area contributed by atoms with Crippen LogP contribution in [0.4, 0.5) is 24.9 Å². The molecule has 2 aliphatic heterocycles. The van der Waals surface area contributed by atoms with Crippen LogP contribution in [0.3, 0.4) is 0 Å². The number of hydrogen-bond donors (Lipinski definition) is 4. The molecule has 0 unspecified atom stereocenters. The number of nitrogens with zero attached hydrogens (tertiary/aromatic N) is 3. The van der Waals surface area contributed by atoms with Gasteiger partial charge in [0.25, 0.3) is 11.5 Å². The Labute approximate surface area is 230 Å². The molecule has 0 aliphatic carbocycles. The number of halogens is 3. The van der Waals surface area contributed by atoms with Crippen LogP contribution in [0.15, 0.2) is 29.1 Å². The highest BCUT2D eigenvalue weighted by Crippen LogP contribution is 2.33. The van der Waals surface area contributed by atoms with Crippen LogP contribution in [0.1, 0.15) is 32.1 Å². The van der Waals surface area contributed by atoms with E-state index in [1.54, 1.807) is 5.48 Å². The summed E-state index contributed by atoms with van der Waals surface area (Å²) in [6.45, 7) is 2.62. The average Bonchev–Trinajstić information content (AvgIpc) is 3.35. The predicted octanol–water partition coefficient (Wildman–Crippen LogP) is 2.95. The van der Waals surface area contributed by atoms with Crippen LogP contribution < -0.4 is 26.6 Å². The van der Waals surface area contributed by atoms with Gasteiger partial charge in [0.2, 0.25) is 5.95 Å². The normalized spacial score (nSPS) is 18.5. The Morgan fingerprint density at radius 3 is 2.62 bits per heavy atom. The minimum atomic E-state index is -5.19. The lowest BCUT2D eigenvalue weighted by atomic mass is 9.93. The van der Waals surface area contributed by atoms with Gasteiger partial charge in [0.05, 0.1) is 10.2 Å². The molecule has 214 valence electrons. The molecule has 40 heavy (non-hydrogen) atoms. The number of fused-ring (bicyclic) bond motifs is 1. The number of H-pyrrole nitrogens is 1. The van der Waals surface area contributed by atoms with Gasteiger partial charge in [-0.05, 0) is 50.3 Å². The summed E-state index contributed by atoms with van der Waals surface area (Å²) in [4.78, 5) is 54.3. The first-order chi connectivity index (χ1) is 19.2. The minimum Gasteiger partial charge on any atom is -0.365 e. The van der Waals surface area contributed by atoms with Crippen molar-refractivity contribution in [2.24, 2.45) is 5.92 Å². The second-order valence-corrected chi connectivity index (χ2v) is 10.9. The summed E-state index contributed by atoms with van der Waals surface area (Å²) in [6.07, 6.45) is -2.30. The van der Waals surface area contributed by atoms with Gasteiger partial charge in [-0.3, -0.25) is 14.6 Å². The standard InChI is InChI=1S/C25H28F3N7O4S/c26-25(27,28)23(38)39-34-18(36)12-14-7-10-35(11-8-14)24-32-20(30-15-4-3-9-29-13-15)19(21(37)33-24)22-31-16-5-1-2-6-17(16)40-22/h1-2,5-6,14-15,29H,3-4,7-13H2,(H,34,36)(H2,30,32,33,37)/t15-/m1/s1. The lowest BCUT2D eigenvalue weighted by Gasteiger charge is -2.32. The molecule has 2 saturated heterocycles. The summed E-state index contributed by atoms with van der Waals surface area (Å²) in [5.41, 5.74) is 2.43. The Kier molecular flexibility index (Phi) is 8.21. The number of aromatic nitrogens is 3. The average molecular weight is 580 g/mol. The highest BCUT2D eigenvalue weighted by Gasteiger charge is 2.42. The molecule has 4 N–H and O–H groups in total. The molecular weight excluding hydrogens is 551 g/mol. The molecule has 2 fully saturated rings. The minimum absolute atomic E-state index is 0.0963. The summed E-state index contributed by atoms with van der Waals surface area (Å²) in [5, 5.41) is 7.38. The predicted molar refractivity (Wildman–Crippen MR) is 143 cm³/mol. The highest BCUT2D eigenvalue weighted by atomic mass is 32.1. The SMILES string of the molecule is O=C(CC1CCN(c2nc(N[C@@H]3CCCNC3)c(-c3nc4ccccc4s3)c(=O)[nH]2)CC1)NOC(=O)C(F)(F)F. The summed E-state index contributed by atoms with van der Waals surface area (Å²) < 4.78 is 37.7. The third kappa shape index (κ3) is 6.53. The second kappa shape index (κ2) is 11.8. The van der Waals surface area contributed by atoms with Crippen molar-refractivity contribution in [2.75, 3.05) is 36.4 Å². The number of para-hydroxylation sites is 1. The molecule has 4 heterocycles. The van der Waals surface area contributed by atoms with Crippen molar-refractivity contribution >= 4 is 45.2 Å². The van der Waals surface area contributed by atoms with Gasteiger partial charge < -0.3 is 20.4 Å². The third-order valence-corrected chi connectivity index (χ3v) is 7.98. The Morgan fingerprint density at radius 2 is 1.93 bits per heavy atom. The fraction of sp³-hybridized carbons (Fsp3) is 0.480. The van der Waals surface area contributed by atoms with Crippen molar-refractivity contribution in [3.05, 3.63) is 34.6 Å². The van der Waals surface area contributed by atoms with Gasteiger partial charge in [-0.25, -0.2) is 9.78 Å². The van der Waals surface area contributed by atoms with E-state index in [9.17, 15) is 27.6 Å². The van der Waals surface area contributed by atoms with E-state index in [2.05, 4.69) is 25.4 Å². The maximum Gasteiger partial charge on any atom is 0.493 e. The van der Waals surface area contributed by atoms with E-state index >= 15 is 0 Å². The highest BCUT2D eigenvalue weighted by molar-refractivity contribution is 7.21. The Bertz CT molecular complexity index is 1400. The topological polar surface area (TPSA) is 141 Å². The number of aromatic amines is 1. The molecule has 0 radical (unpaired) electrons. The Morgan fingerprint density at radius 1 is 1.15 bits per heavy atom. The van der Waals surface area contributed by atoms with Crippen molar-refractivity contribution in [3.8, 4) is 10.6 Å². The van der Waals surface area contributed by atoms with Gasteiger partial charge in [0, 0.05) is 32.1 Å². The van der Waals surface area contributed by atoms with Crippen LogP contribution in [0.5, 0.6) is 0 Å². The number of carbonyl (C=O) groups is 2. The van der Waals surface area contributed by atoms with Crippen molar-refractivity contribution in [1.29, 1.82) is 0 Å². The lowest BCUT2D eigenvalue weighted by molar-refractivity contribution is -0.207. The summed E-state index contributed by atoms with van der Waals surface area (Å²) in [5.74, 6) is -2.58. The zero-order valence-corrected chi connectivity index (χ0v) is 22.2. The second-order valence-electron chi connectivity index (χ2n) is 9.83. The molecule has 5 rings (SSSR count). The maximum atomic E-state index is 13.4. The number of piperidine rings is 2. The van der Waals surface area contributed by atoms with Gasteiger partial charge in [-0.1, -0.05) is 12.1 Å². The van der Waals surface area contributed by atoms with E-state index in [0.29, 0.717) is 48.3 Å². The zero-order valence-electron chi connectivity index (χ0n) is 21.3. The summed E-state index contributed by atoms with van der Waals surface area (Å²) in [7, 11) is 0. The van der Waals surface area contributed by atoms with Gasteiger partial charge in [0.15, 0.2) is 0 Å². The maximum absolute atomic E-state index is 13.4. The van der Waals surface area contributed by atoms with Gasteiger partial charge in [0.1, 0.15) is 16.4 Å². The van der Waals surface area contributed by atoms with Crippen molar-refractivity contribution < 1.29 is 27.6 Å². The lowest BCUT2D eigenvalue weighted by Crippen LogP contribution is -2.40. The first-order valence-electron chi connectivity index (χ1n) is 13.0. The van der Waals surface area contributed by atoms with E-state index in [1.807, 2.05) is 29.2 Å². The molecule has 1 atom stereocenters. The molecule has 0 bridgehead atoms. The molecule has 1 amide bonds. The smallest absolute Gasteiger partial charge is 0.365 e. The van der Waals surface area contributed by atoms with E-state index in [4.69, 9.17) is 4.98 Å². The molecule has 0 saturated carbocycles. The van der Waals surface area contributed by atoms with Crippen molar-refractivity contribution in [1.82, 2.24) is 25.7 Å². The molecule has 0 spiro atoms. The number of anilines is 2. The van der Waals surface area contributed by atoms with Gasteiger partial charge in [-0.2, -0.15) is 23.6 Å². The fourth-order valence-electron chi connectivity index (χ4n) is 4.88. The van der Waals surface area contributed by atoms with Crippen LogP contribution in [-0.4, -0.2) is 65.2 Å². The molecule has 1 aromatic carbocycles. The Balaban J connectivity index is 1.30. The number of hydroxylamine groups is 1. The van der Waals surface area contributed by atoms with E-state index in [1.165, 1.54) is 11.3 Å². The molecule has 3 aromatic rings. The first kappa shape index (κ1) is 27.8. The molecule has 11 nitrogen and oxygen atoms in total. The molecule has 2 aliphatic rings. The monoisotopic (exact) mass is 579 g/mol. The molecule has 15 heteroatoms. The van der Waals surface area contributed by atoms with E-state index in [0.717, 1.165) is 36.1 Å². The number of nitrogens with one attached hydrogen (secondary N) is 4. The number of benzene rings is 1. The zero-order chi connectivity index (χ0) is 28.3. The summed E-state index contributed by atoms with van der Waals surface area (Å²) in [6, 6.07) is 7.76. The molecule has 2 aromatic heterocycles. The van der Waals surface area contributed by atoms with Crippen LogP contribution in [0.2, 0.25) is 0 Å². The van der Waals surface area contributed by atoms with Crippen LogP contribution in [0.25, 0.3) is 20.8 Å². The van der Waals surface area contributed by atoms with Crippen LogP contribution in [0, 0.1) is 5.92 Å². The summed E-state index contributed by atoms with van der Waals surface area (Å²) >= 11 is 1.42. The largest absolute Gasteiger partial charge is 0.493 e. The fourth-order valence-corrected chi connectivity index (χ4v) is 5.88. The number of thiazole rings is 1. The van der Waals surface area contributed by atoms with Crippen molar-refractivity contribution in [3.63, 3.8) is 0 Å². The van der Waals surface area contributed by atoms with Gasteiger partial charge in [-0.15, -0.1) is 11.3 Å². The number of alkyl halides is 3. The third-order valence-electron chi connectivity index (χ3n) is 6.93. The number of rotatable bonds is 6. The quantitative estimate of drug-likeness (QED) is 0.325. The van der Waals surface area contributed by atoms with E-state index < -0.39 is 18.1 Å². The van der Waals surface area contributed by atoms with Gasteiger partial charge >= 0.3 is 12.1 Å². The number of carbonyl (C=O) groups excluding carboxylic acids is 2.